The van der Waals surface area contributed by atoms with E-state index in [1.807, 2.05) is 13.8 Å². The highest BCUT2D eigenvalue weighted by atomic mass is 16.5. The van der Waals surface area contributed by atoms with Crippen LogP contribution in [0.2, 0.25) is 0 Å². The zero-order valence-electron chi connectivity index (χ0n) is 7.95. The summed E-state index contributed by atoms with van der Waals surface area (Å²) in [6.07, 6.45) is 0.195. The summed E-state index contributed by atoms with van der Waals surface area (Å²) < 4.78 is 5.30. The van der Waals surface area contributed by atoms with Gasteiger partial charge in [-0.15, -0.1) is 0 Å². The predicted octanol–water partition coefficient (Wildman–Crippen LogP) is 0.543. The Morgan fingerprint density at radius 3 is 2.42 bits per heavy atom. The van der Waals surface area contributed by atoms with E-state index in [0.717, 1.165) is 6.42 Å². The lowest BCUT2D eigenvalue weighted by atomic mass is 10.1. The van der Waals surface area contributed by atoms with Crippen molar-refractivity contribution in [3.05, 3.63) is 0 Å². The van der Waals surface area contributed by atoms with Crippen LogP contribution in [-0.4, -0.2) is 34.6 Å². The first kappa shape index (κ1) is 9.96. The van der Waals surface area contributed by atoms with Crippen molar-refractivity contribution in [3.63, 3.8) is 0 Å². The number of hydrogen-bond donors (Lipinski definition) is 2. The van der Waals surface area contributed by atoms with E-state index in [-0.39, 0.29) is 6.10 Å². The number of aliphatic hydroxyl groups excluding tert-OH is 1. The van der Waals surface area contributed by atoms with Gasteiger partial charge in [-0.1, -0.05) is 6.92 Å². The van der Waals surface area contributed by atoms with Crippen LogP contribution in [0.4, 0.5) is 0 Å². The minimum atomic E-state index is -0.630. The maximum atomic E-state index is 9.77. The molecule has 0 radical (unpaired) electrons. The second-order valence-corrected chi connectivity index (χ2v) is 3.92. The average Bonchev–Trinajstić information content (AvgIpc) is 2.56. The van der Waals surface area contributed by atoms with Gasteiger partial charge in [0.05, 0.1) is 24.4 Å². The highest BCUT2D eigenvalue weighted by Crippen LogP contribution is 2.46. The molecule has 0 aromatic heterocycles. The van der Waals surface area contributed by atoms with Crippen LogP contribution in [-0.2, 0) is 4.74 Å². The first-order valence-electron chi connectivity index (χ1n) is 4.49. The summed E-state index contributed by atoms with van der Waals surface area (Å²) in [5, 5.41) is 18.7. The largest absolute Gasteiger partial charge is 0.391 e. The summed E-state index contributed by atoms with van der Waals surface area (Å²) in [5.74, 6) is 0.335. The maximum absolute atomic E-state index is 9.77. The Morgan fingerprint density at radius 2 is 2.08 bits per heavy atom. The topological polar surface area (TPSA) is 49.7 Å². The zero-order chi connectivity index (χ0) is 9.35. The third kappa shape index (κ3) is 1.97. The van der Waals surface area contributed by atoms with Crippen molar-refractivity contribution in [3.8, 4) is 0 Å². The molecule has 1 aliphatic rings. The molecule has 72 valence electrons. The third-order valence-electron chi connectivity index (χ3n) is 2.62. The number of hydrogen-bond acceptors (Lipinski definition) is 3. The van der Waals surface area contributed by atoms with Gasteiger partial charge in [0.25, 0.3) is 0 Å². The van der Waals surface area contributed by atoms with E-state index in [2.05, 4.69) is 0 Å². The maximum Gasteiger partial charge on any atom is 0.0935 e. The molecule has 0 amide bonds. The fourth-order valence-electron chi connectivity index (χ4n) is 1.43. The molecule has 4 unspecified atom stereocenters. The van der Waals surface area contributed by atoms with E-state index in [4.69, 9.17) is 9.84 Å². The van der Waals surface area contributed by atoms with E-state index >= 15 is 0 Å². The first-order valence-corrected chi connectivity index (χ1v) is 4.49. The smallest absolute Gasteiger partial charge is 0.0935 e. The number of aliphatic hydroxyl groups is 2. The Labute approximate surface area is 73.4 Å². The summed E-state index contributed by atoms with van der Waals surface area (Å²) in [6.45, 7) is 5.83. The van der Waals surface area contributed by atoms with Crippen molar-refractivity contribution < 1.29 is 14.9 Å². The van der Waals surface area contributed by atoms with Gasteiger partial charge >= 0.3 is 0 Å². The number of rotatable bonds is 4. The normalized spacial score (nSPS) is 39.2. The molecule has 12 heavy (non-hydrogen) atoms. The summed E-state index contributed by atoms with van der Waals surface area (Å²) in [7, 11) is 0. The molecular formula is C9H18O3. The lowest BCUT2D eigenvalue weighted by Crippen LogP contribution is -2.31. The summed E-state index contributed by atoms with van der Waals surface area (Å²) in [6, 6.07) is 0. The van der Waals surface area contributed by atoms with Crippen molar-refractivity contribution in [2.45, 2.75) is 45.0 Å². The van der Waals surface area contributed by atoms with Gasteiger partial charge in [0.2, 0.25) is 0 Å². The minimum absolute atomic E-state index is 0.165. The number of ether oxygens (including phenoxy) is 1. The molecule has 0 aromatic rings. The monoisotopic (exact) mass is 174 g/mol. The van der Waals surface area contributed by atoms with Crippen LogP contribution < -0.4 is 0 Å². The highest BCUT2D eigenvalue weighted by molar-refractivity contribution is 5.05. The van der Waals surface area contributed by atoms with E-state index in [9.17, 15) is 5.11 Å². The molecular weight excluding hydrogens is 156 g/mol. The molecule has 3 heteroatoms. The predicted molar refractivity (Wildman–Crippen MR) is 45.8 cm³/mol. The van der Waals surface area contributed by atoms with Crippen molar-refractivity contribution >= 4 is 0 Å². The molecule has 0 aliphatic heterocycles. The van der Waals surface area contributed by atoms with Crippen LogP contribution in [0.15, 0.2) is 0 Å². The minimum Gasteiger partial charge on any atom is -0.391 e. The molecule has 1 aliphatic carbocycles. The lowest BCUT2D eigenvalue weighted by Gasteiger charge is -2.20. The van der Waals surface area contributed by atoms with Crippen LogP contribution in [0.1, 0.15) is 27.2 Å². The molecule has 1 fully saturated rings. The van der Waals surface area contributed by atoms with Gasteiger partial charge in [0.1, 0.15) is 0 Å². The fraction of sp³-hybridized carbons (Fsp3) is 1.00. The molecule has 0 heterocycles. The average molecular weight is 174 g/mol. The Balaban J connectivity index is 2.25. The Bertz CT molecular complexity index is 158. The molecule has 0 aromatic carbocycles. The lowest BCUT2D eigenvalue weighted by molar-refractivity contribution is -0.0713. The molecule has 0 saturated heterocycles. The third-order valence-corrected chi connectivity index (χ3v) is 2.62. The van der Waals surface area contributed by atoms with Gasteiger partial charge < -0.3 is 14.9 Å². The zero-order valence-corrected chi connectivity index (χ0v) is 7.95. The molecule has 4 atom stereocenters. The van der Waals surface area contributed by atoms with Gasteiger partial charge in [0, 0.05) is 0 Å². The standard InChI is InChI=1S/C9H18O3/c1-6-4-9(6,11)8(3)12-5-7(2)10/h6-8,10-11H,4-5H2,1-3H3. The van der Waals surface area contributed by atoms with Gasteiger partial charge in [0.15, 0.2) is 0 Å². The van der Waals surface area contributed by atoms with Gasteiger partial charge in [-0.2, -0.15) is 0 Å². The molecule has 3 nitrogen and oxygen atoms in total. The van der Waals surface area contributed by atoms with Crippen molar-refractivity contribution in [1.82, 2.24) is 0 Å². The second-order valence-electron chi connectivity index (χ2n) is 3.92. The van der Waals surface area contributed by atoms with Crippen LogP contribution in [0.5, 0.6) is 0 Å². The van der Waals surface area contributed by atoms with Crippen LogP contribution in [0, 0.1) is 5.92 Å². The van der Waals surface area contributed by atoms with Crippen molar-refractivity contribution in [1.29, 1.82) is 0 Å². The second kappa shape index (κ2) is 3.32. The summed E-state index contributed by atoms with van der Waals surface area (Å²) in [5.41, 5.74) is -0.630. The van der Waals surface area contributed by atoms with Gasteiger partial charge in [-0.05, 0) is 26.2 Å². The van der Waals surface area contributed by atoms with Gasteiger partial charge in [-0.3, -0.25) is 0 Å². The SMILES string of the molecule is CC(O)COC(C)C1(O)CC1C. The molecule has 1 saturated carbocycles. The first-order chi connectivity index (χ1) is 5.47. The van der Waals surface area contributed by atoms with Crippen LogP contribution >= 0.6 is 0 Å². The van der Waals surface area contributed by atoms with Gasteiger partial charge in [-0.25, -0.2) is 0 Å². The molecule has 1 rings (SSSR count). The highest BCUT2D eigenvalue weighted by Gasteiger charge is 2.54. The van der Waals surface area contributed by atoms with E-state index < -0.39 is 11.7 Å². The molecule has 0 spiro atoms. The van der Waals surface area contributed by atoms with Crippen molar-refractivity contribution in [2.75, 3.05) is 6.61 Å². The summed E-state index contributed by atoms with van der Waals surface area (Å²) >= 11 is 0. The molecule has 0 bridgehead atoms. The van der Waals surface area contributed by atoms with E-state index in [1.165, 1.54) is 0 Å². The Morgan fingerprint density at radius 1 is 1.58 bits per heavy atom. The fourth-order valence-corrected chi connectivity index (χ4v) is 1.43. The van der Waals surface area contributed by atoms with Crippen LogP contribution in [0.3, 0.4) is 0 Å². The van der Waals surface area contributed by atoms with Crippen LogP contribution in [0.25, 0.3) is 0 Å². The van der Waals surface area contributed by atoms with Crippen molar-refractivity contribution in [2.24, 2.45) is 5.92 Å². The summed E-state index contributed by atoms with van der Waals surface area (Å²) in [4.78, 5) is 0. The Hall–Kier alpha value is -0.120. The Kier molecular flexibility index (Phi) is 2.76. The van der Waals surface area contributed by atoms with E-state index in [1.54, 1.807) is 6.92 Å². The van der Waals surface area contributed by atoms with E-state index in [0.29, 0.717) is 12.5 Å². The quantitative estimate of drug-likeness (QED) is 0.654. The molecule has 2 N–H and O–H groups in total.